The number of methoxy groups -OCH3 is 1. The fourth-order valence-electron chi connectivity index (χ4n) is 4.20. The van der Waals surface area contributed by atoms with Crippen LogP contribution >= 0.6 is 0 Å². The van der Waals surface area contributed by atoms with Gasteiger partial charge in [-0.3, -0.25) is 14.5 Å². The molecule has 1 aromatic carbocycles. The SMILES string of the molecule is COC(=O)C1CCN(CC2(O)CCCN(CCc3ccccc3)C2=O)CC1. The summed E-state index contributed by atoms with van der Waals surface area (Å²) in [5, 5.41) is 11.1. The Labute approximate surface area is 161 Å². The molecule has 1 amide bonds. The first-order chi connectivity index (χ1) is 13.0. The van der Waals surface area contributed by atoms with Crippen LogP contribution in [0.25, 0.3) is 0 Å². The third-order valence-electron chi connectivity index (χ3n) is 5.82. The number of esters is 1. The van der Waals surface area contributed by atoms with Crippen molar-refractivity contribution in [1.82, 2.24) is 9.80 Å². The minimum absolute atomic E-state index is 0.0645. The molecule has 148 valence electrons. The van der Waals surface area contributed by atoms with Crippen molar-refractivity contribution in [3.05, 3.63) is 35.9 Å². The summed E-state index contributed by atoms with van der Waals surface area (Å²) in [5.74, 6) is -0.376. The Morgan fingerprint density at radius 1 is 1.22 bits per heavy atom. The molecule has 1 N–H and O–H groups in total. The molecule has 1 atom stereocenters. The minimum Gasteiger partial charge on any atom is -0.469 e. The predicted octanol–water partition coefficient (Wildman–Crippen LogP) is 1.47. The maximum atomic E-state index is 12.9. The summed E-state index contributed by atoms with van der Waals surface area (Å²) < 4.78 is 4.82. The van der Waals surface area contributed by atoms with Crippen LogP contribution in [-0.4, -0.2) is 72.2 Å². The van der Waals surface area contributed by atoms with Crippen molar-refractivity contribution in [3.63, 3.8) is 0 Å². The molecule has 0 saturated carbocycles. The van der Waals surface area contributed by atoms with E-state index in [-0.39, 0.29) is 17.8 Å². The van der Waals surface area contributed by atoms with E-state index in [2.05, 4.69) is 17.0 Å². The van der Waals surface area contributed by atoms with Crippen LogP contribution in [0.15, 0.2) is 30.3 Å². The second-order valence-electron chi connectivity index (χ2n) is 7.74. The molecule has 3 rings (SSSR count). The second kappa shape index (κ2) is 8.85. The highest BCUT2D eigenvalue weighted by atomic mass is 16.5. The van der Waals surface area contributed by atoms with Gasteiger partial charge in [0.2, 0.25) is 0 Å². The average molecular weight is 374 g/mol. The van der Waals surface area contributed by atoms with E-state index < -0.39 is 5.60 Å². The number of β-amino-alcohol motifs (C(OH)–C–C–N with tert-alkyl or cyclic N) is 1. The van der Waals surface area contributed by atoms with Crippen molar-refractivity contribution >= 4 is 11.9 Å². The number of benzene rings is 1. The molecular weight excluding hydrogens is 344 g/mol. The van der Waals surface area contributed by atoms with E-state index in [0.29, 0.717) is 52.0 Å². The molecule has 0 aliphatic carbocycles. The van der Waals surface area contributed by atoms with Gasteiger partial charge in [0.1, 0.15) is 0 Å². The highest BCUT2D eigenvalue weighted by Crippen LogP contribution is 2.27. The number of carbonyl (C=O) groups is 2. The van der Waals surface area contributed by atoms with Gasteiger partial charge in [-0.25, -0.2) is 0 Å². The summed E-state index contributed by atoms with van der Waals surface area (Å²) in [6.07, 6.45) is 3.55. The number of carbonyl (C=O) groups excluding carboxylic acids is 2. The second-order valence-corrected chi connectivity index (χ2v) is 7.74. The highest BCUT2D eigenvalue weighted by Gasteiger charge is 2.43. The topological polar surface area (TPSA) is 70.1 Å². The van der Waals surface area contributed by atoms with Crippen LogP contribution in [0.3, 0.4) is 0 Å². The molecule has 2 saturated heterocycles. The van der Waals surface area contributed by atoms with Crippen LogP contribution in [0.2, 0.25) is 0 Å². The van der Waals surface area contributed by atoms with Crippen molar-refractivity contribution < 1.29 is 19.4 Å². The van der Waals surface area contributed by atoms with Crippen molar-refractivity contribution in [2.75, 3.05) is 39.8 Å². The minimum atomic E-state index is -1.31. The number of amides is 1. The summed E-state index contributed by atoms with van der Waals surface area (Å²) in [4.78, 5) is 28.5. The monoisotopic (exact) mass is 374 g/mol. The highest BCUT2D eigenvalue weighted by molar-refractivity contribution is 5.86. The van der Waals surface area contributed by atoms with Crippen molar-refractivity contribution in [2.24, 2.45) is 5.92 Å². The average Bonchev–Trinajstić information content (AvgIpc) is 2.70. The summed E-state index contributed by atoms with van der Waals surface area (Å²) in [7, 11) is 1.42. The van der Waals surface area contributed by atoms with Gasteiger partial charge in [0.15, 0.2) is 5.60 Å². The Bertz CT molecular complexity index is 643. The molecule has 1 unspecified atom stereocenters. The van der Waals surface area contributed by atoms with Crippen LogP contribution < -0.4 is 0 Å². The van der Waals surface area contributed by atoms with Gasteiger partial charge in [0.25, 0.3) is 5.91 Å². The van der Waals surface area contributed by atoms with Crippen LogP contribution in [0.5, 0.6) is 0 Å². The van der Waals surface area contributed by atoms with Crippen molar-refractivity contribution in [3.8, 4) is 0 Å². The lowest BCUT2D eigenvalue weighted by molar-refractivity contribution is -0.160. The molecule has 1 aromatic rings. The molecule has 27 heavy (non-hydrogen) atoms. The molecule has 2 aliphatic rings. The number of rotatable bonds is 6. The molecule has 2 fully saturated rings. The smallest absolute Gasteiger partial charge is 0.308 e. The maximum Gasteiger partial charge on any atom is 0.308 e. The fraction of sp³-hybridized carbons (Fsp3) is 0.619. The molecule has 2 aliphatic heterocycles. The van der Waals surface area contributed by atoms with Crippen LogP contribution in [-0.2, 0) is 20.7 Å². The first-order valence-electron chi connectivity index (χ1n) is 9.88. The van der Waals surface area contributed by atoms with E-state index in [1.54, 1.807) is 4.90 Å². The Kier molecular flexibility index (Phi) is 6.50. The molecule has 6 nitrogen and oxygen atoms in total. The number of nitrogens with zero attached hydrogens (tertiary/aromatic N) is 2. The van der Waals surface area contributed by atoms with Gasteiger partial charge >= 0.3 is 5.97 Å². The van der Waals surface area contributed by atoms with Gasteiger partial charge < -0.3 is 14.7 Å². The van der Waals surface area contributed by atoms with Gasteiger partial charge in [0, 0.05) is 19.6 Å². The van der Waals surface area contributed by atoms with Crippen LogP contribution in [0, 0.1) is 5.92 Å². The molecule has 0 aromatic heterocycles. The Balaban J connectivity index is 1.53. The zero-order valence-corrected chi connectivity index (χ0v) is 16.1. The van der Waals surface area contributed by atoms with E-state index >= 15 is 0 Å². The summed E-state index contributed by atoms with van der Waals surface area (Å²) in [6.45, 7) is 3.11. The van der Waals surface area contributed by atoms with Gasteiger partial charge in [-0.1, -0.05) is 30.3 Å². The quantitative estimate of drug-likeness (QED) is 0.764. The summed E-state index contributed by atoms with van der Waals surface area (Å²) >= 11 is 0. The van der Waals surface area contributed by atoms with E-state index in [1.165, 1.54) is 12.7 Å². The molecule has 0 radical (unpaired) electrons. The number of likely N-dealkylation sites (tertiary alicyclic amines) is 2. The lowest BCUT2D eigenvalue weighted by Crippen LogP contribution is -2.59. The van der Waals surface area contributed by atoms with Crippen molar-refractivity contribution in [2.45, 2.75) is 37.7 Å². The number of hydrogen-bond acceptors (Lipinski definition) is 5. The predicted molar refractivity (Wildman–Crippen MR) is 102 cm³/mol. The zero-order chi connectivity index (χ0) is 19.3. The Hall–Kier alpha value is -1.92. The number of hydrogen-bond donors (Lipinski definition) is 1. The van der Waals surface area contributed by atoms with Crippen LogP contribution in [0.1, 0.15) is 31.2 Å². The van der Waals surface area contributed by atoms with Gasteiger partial charge in [-0.05, 0) is 50.8 Å². The maximum absolute atomic E-state index is 12.9. The lowest BCUT2D eigenvalue weighted by atomic mass is 9.89. The molecule has 2 heterocycles. The van der Waals surface area contributed by atoms with E-state index in [1.807, 2.05) is 18.2 Å². The van der Waals surface area contributed by atoms with Crippen LogP contribution in [0.4, 0.5) is 0 Å². The standard InChI is InChI=1S/C21H30N2O4/c1-27-19(24)18-9-13-22(14-10-18)16-21(26)11-5-12-23(20(21)25)15-8-17-6-3-2-4-7-17/h2-4,6-7,18,26H,5,8-16H2,1H3. The first-order valence-corrected chi connectivity index (χ1v) is 9.88. The molecule has 6 heteroatoms. The molecule has 0 spiro atoms. The van der Waals surface area contributed by atoms with E-state index in [4.69, 9.17) is 4.74 Å². The first kappa shape index (κ1) is 19.8. The van der Waals surface area contributed by atoms with Gasteiger partial charge in [-0.2, -0.15) is 0 Å². The third-order valence-corrected chi connectivity index (χ3v) is 5.82. The Morgan fingerprint density at radius 3 is 2.59 bits per heavy atom. The molecule has 0 bridgehead atoms. The van der Waals surface area contributed by atoms with Crippen molar-refractivity contribution in [1.29, 1.82) is 0 Å². The van der Waals surface area contributed by atoms with E-state index in [0.717, 1.165) is 12.8 Å². The summed E-state index contributed by atoms with van der Waals surface area (Å²) in [5.41, 5.74) is -0.114. The number of piperidine rings is 2. The summed E-state index contributed by atoms with van der Waals surface area (Å²) in [6, 6.07) is 10.1. The number of aliphatic hydroxyl groups is 1. The fourth-order valence-corrected chi connectivity index (χ4v) is 4.20. The van der Waals surface area contributed by atoms with Gasteiger partial charge in [-0.15, -0.1) is 0 Å². The Morgan fingerprint density at radius 2 is 1.93 bits per heavy atom. The van der Waals surface area contributed by atoms with Gasteiger partial charge in [0.05, 0.1) is 13.0 Å². The third kappa shape index (κ3) is 4.87. The lowest BCUT2D eigenvalue weighted by Gasteiger charge is -2.42. The zero-order valence-electron chi connectivity index (χ0n) is 16.1. The van der Waals surface area contributed by atoms with E-state index in [9.17, 15) is 14.7 Å². The largest absolute Gasteiger partial charge is 0.469 e. The number of ether oxygens (including phenoxy) is 1. The normalized spacial score (nSPS) is 24.8. The molecular formula is C21H30N2O4.